The predicted octanol–water partition coefficient (Wildman–Crippen LogP) is 2.28. The number of rotatable bonds is 3. The number of oxime groups is 2. The minimum atomic E-state index is -0.410. The van der Waals surface area contributed by atoms with Crippen LogP contribution in [-0.2, 0) is 0 Å². The van der Waals surface area contributed by atoms with Crippen LogP contribution in [0.15, 0.2) is 59.1 Å². The van der Waals surface area contributed by atoms with Gasteiger partial charge in [-0.05, 0) is 36.4 Å². The molecule has 0 spiro atoms. The highest BCUT2D eigenvalue weighted by atomic mass is 19.1. The zero-order valence-electron chi connectivity index (χ0n) is 9.73. The van der Waals surface area contributed by atoms with Gasteiger partial charge < -0.3 is 10.4 Å². The Morgan fingerprint density at radius 1 is 0.842 bits per heavy atom. The van der Waals surface area contributed by atoms with Gasteiger partial charge in [0.25, 0.3) is 0 Å². The lowest BCUT2D eigenvalue weighted by atomic mass is 10.0. The van der Waals surface area contributed by atoms with Crippen molar-refractivity contribution < 1.29 is 14.8 Å². The van der Waals surface area contributed by atoms with Gasteiger partial charge in [0.05, 0.1) is 0 Å². The normalized spacial score (nSPS) is 12.5. The lowest BCUT2D eigenvalue weighted by Gasteiger charge is -2.06. The molecule has 0 saturated heterocycles. The number of nitrogens with zero attached hydrogens (tertiary/aromatic N) is 3. The van der Waals surface area contributed by atoms with E-state index in [0.29, 0.717) is 11.1 Å². The van der Waals surface area contributed by atoms with Gasteiger partial charge in [-0.25, -0.2) is 4.39 Å². The zero-order valence-corrected chi connectivity index (χ0v) is 9.73. The molecule has 2 N–H and O–H groups in total. The lowest BCUT2D eigenvalue weighted by molar-refractivity contribution is 0.314. The van der Waals surface area contributed by atoms with E-state index >= 15 is 0 Å². The number of halogens is 1. The summed E-state index contributed by atoms with van der Waals surface area (Å²) < 4.78 is 12.9. The SMILES string of the molecule is ON=C(C(=NO)c1ccc(F)cc1)c1ccncc1. The molecular weight excluding hydrogens is 249 g/mol. The molecular formula is C13H10FN3O2. The van der Waals surface area contributed by atoms with Crippen molar-refractivity contribution in [3.8, 4) is 0 Å². The Hall–Kier alpha value is -2.76. The van der Waals surface area contributed by atoms with Crippen LogP contribution >= 0.6 is 0 Å². The van der Waals surface area contributed by atoms with Crippen molar-refractivity contribution >= 4 is 11.4 Å². The summed E-state index contributed by atoms with van der Waals surface area (Å²) in [5.41, 5.74) is 1.05. The summed E-state index contributed by atoms with van der Waals surface area (Å²) in [7, 11) is 0. The maximum absolute atomic E-state index is 12.9. The lowest BCUT2D eigenvalue weighted by Crippen LogP contribution is -2.17. The molecule has 1 aromatic carbocycles. The van der Waals surface area contributed by atoms with E-state index in [2.05, 4.69) is 15.3 Å². The van der Waals surface area contributed by atoms with Gasteiger partial charge in [0.1, 0.15) is 17.2 Å². The maximum Gasteiger partial charge on any atom is 0.139 e. The Labute approximate surface area is 108 Å². The van der Waals surface area contributed by atoms with Crippen molar-refractivity contribution in [3.05, 3.63) is 65.7 Å². The second kappa shape index (κ2) is 5.72. The molecule has 1 heterocycles. The van der Waals surface area contributed by atoms with E-state index in [1.165, 1.54) is 36.7 Å². The maximum atomic E-state index is 12.9. The van der Waals surface area contributed by atoms with Crippen LogP contribution in [0.2, 0.25) is 0 Å². The Morgan fingerprint density at radius 3 is 1.79 bits per heavy atom. The molecule has 2 rings (SSSR count). The molecule has 1 aromatic heterocycles. The van der Waals surface area contributed by atoms with E-state index < -0.39 is 5.82 Å². The summed E-state index contributed by atoms with van der Waals surface area (Å²) in [5, 5.41) is 24.4. The van der Waals surface area contributed by atoms with Crippen molar-refractivity contribution in [1.82, 2.24) is 4.98 Å². The number of aromatic nitrogens is 1. The fourth-order valence-electron chi connectivity index (χ4n) is 1.60. The average molecular weight is 259 g/mol. The van der Waals surface area contributed by atoms with E-state index in [1.807, 2.05) is 0 Å². The van der Waals surface area contributed by atoms with Crippen LogP contribution in [0.3, 0.4) is 0 Å². The van der Waals surface area contributed by atoms with Crippen molar-refractivity contribution in [3.63, 3.8) is 0 Å². The van der Waals surface area contributed by atoms with Crippen LogP contribution < -0.4 is 0 Å². The van der Waals surface area contributed by atoms with Gasteiger partial charge in [-0.15, -0.1) is 0 Å². The first-order chi connectivity index (χ1) is 9.26. The van der Waals surface area contributed by atoms with Crippen LogP contribution in [0, 0.1) is 5.82 Å². The van der Waals surface area contributed by atoms with Crippen LogP contribution in [0.1, 0.15) is 11.1 Å². The Kier molecular flexibility index (Phi) is 3.82. The molecule has 6 heteroatoms. The van der Waals surface area contributed by atoms with Gasteiger partial charge in [-0.2, -0.15) is 0 Å². The molecule has 0 amide bonds. The Balaban J connectivity index is 2.45. The fourth-order valence-corrected chi connectivity index (χ4v) is 1.60. The molecule has 0 atom stereocenters. The van der Waals surface area contributed by atoms with Gasteiger partial charge >= 0.3 is 0 Å². The van der Waals surface area contributed by atoms with E-state index in [9.17, 15) is 4.39 Å². The van der Waals surface area contributed by atoms with E-state index in [0.717, 1.165) is 0 Å². The third-order valence-electron chi connectivity index (χ3n) is 2.50. The topological polar surface area (TPSA) is 78.1 Å². The summed E-state index contributed by atoms with van der Waals surface area (Å²) >= 11 is 0. The molecule has 0 fully saturated rings. The van der Waals surface area contributed by atoms with Crippen molar-refractivity contribution in [2.45, 2.75) is 0 Å². The minimum absolute atomic E-state index is 0.0358. The van der Waals surface area contributed by atoms with E-state index in [1.54, 1.807) is 12.1 Å². The quantitative estimate of drug-likeness (QED) is 0.504. The second-order valence-electron chi connectivity index (χ2n) is 3.64. The molecule has 0 aliphatic rings. The van der Waals surface area contributed by atoms with Gasteiger partial charge in [0.2, 0.25) is 0 Å². The number of hydrogen-bond acceptors (Lipinski definition) is 5. The average Bonchev–Trinajstić information content (AvgIpc) is 2.47. The van der Waals surface area contributed by atoms with Gasteiger partial charge in [-0.1, -0.05) is 10.3 Å². The largest absolute Gasteiger partial charge is 0.410 e. The predicted molar refractivity (Wildman–Crippen MR) is 67.3 cm³/mol. The molecule has 0 radical (unpaired) electrons. The van der Waals surface area contributed by atoms with E-state index in [-0.39, 0.29) is 11.4 Å². The molecule has 0 unspecified atom stereocenters. The third-order valence-corrected chi connectivity index (χ3v) is 2.50. The minimum Gasteiger partial charge on any atom is -0.410 e. The van der Waals surface area contributed by atoms with Gasteiger partial charge in [0.15, 0.2) is 0 Å². The molecule has 19 heavy (non-hydrogen) atoms. The smallest absolute Gasteiger partial charge is 0.139 e. The highest BCUT2D eigenvalue weighted by Gasteiger charge is 2.15. The molecule has 96 valence electrons. The van der Waals surface area contributed by atoms with Crippen LogP contribution in [0.4, 0.5) is 4.39 Å². The molecule has 2 aromatic rings. The van der Waals surface area contributed by atoms with Crippen LogP contribution in [-0.4, -0.2) is 26.8 Å². The first-order valence-corrected chi connectivity index (χ1v) is 5.37. The highest BCUT2D eigenvalue weighted by Crippen LogP contribution is 2.10. The molecule has 0 saturated carbocycles. The first-order valence-electron chi connectivity index (χ1n) is 5.37. The highest BCUT2D eigenvalue weighted by molar-refractivity contribution is 6.53. The van der Waals surface area contributed by atoms with Crippen LogP contribution in [0.5, 0.6) is 0 Å². The summed E-state index contributed by atoms with van der Waals surface area (Å²) in [5.74, 6) is -0.410. The monoisotopic (exact) mass is 259 g/mol. The summed E-state index contributed by atoms with van der Waals surface area (Å²) in [6.45, 7) is 0. The molecule has 0 bridgehead atoms. The van der Waals surface area contributed by atoms with Crippen molar-refractivity contribution in [2.24, 2.45) is 10.3 Å². The molecule has 0 aliphatic carbocycles. The summed E-state index contributed by atoms with van der Waals surface area (Å²) in [4.78, 5) is 3.84. The fraction of sp³-hybridized carbons (Fsp3) is 0. The first kappa shape index (κ1) is 12.7. The number of benzene rings is 1. The number of pyridine rings is 1. The zero-order chi connectivity index (χ0) is 13.7. The van der Waals surface area contributed by atoms with Crippen molar-refractivity contribution in [2.75, 3.05) is 0 Å². The molecule has 0 aliphatic heterocycles. The van der Waals surface area contributed by atoms with Gasteiger partial charge in [-0.3, -0.25) is 4.98 Å². The summed E-state index contributed by atoms with van der Waals surface area (Å²) in [6.07, 6.45) is 3.03. The standard InChI is InChI=1S/C13H10FN3O2/c14-11-3-1-9(2-4-11)12(16-18)13(17-19)10-5-7-15-8-6-10/h1-8,18-19H. The van der Waals surface area contributed by atoms with Crippen LogP contribution in [0.25, 0.3) is 0 Å². The second-order valence-corrected chi connectivity index (χ2v) is 3.64. The van der Waals surface area contributed by atoms with Crippen molar-refractivity contribution in [1.29, 1.82) is 0 Å². The third kappa shape index (κ3) is 2.74. The Bertz CT molecular complexity index is 610. The van der Waals surface area contributed by atoms with Gasteiger partial charge in [0, 0.05) is 23.5 Å². The van der Waals surface area contributed by atoms with E-state index in [4.69, 9.17) is 10.4 Å². The number of hydrogen-bond donors (Lipinski definition) is 2. The summed E-state index contributed by atoms with van der Waals surface area (Å²) in [6, 6.07) is 8.51. The molecule has 5 nitrogen and oxygen atoms in total. The Morgan fingerprint density at radius 2 is 1.32 bits per heavy atom.